The predicted octanol–water partition coefficient (Wildman–Crippen LogP) is 2.91. The van der Waals surface area contributed by atoms with Crippen LogP contribution < -0.4 is 5.32 Å². The van der Waals surface area contributed by atoms with Gasteiger partial charge in [0, 0.05) is 19.0 Å². The van der Waals surface area contributed by atoms with E-state index in [9.17, 15) is 14.5 Å². The fourth-order valence-electron chi connectivity index (χ4n) is 2.64. The molecule has 1 N–H and O–H groups in total. The smallest absolute Gasteiger partial charge is 0.410 e. The minimum atomic E-state index is -0.612. The first-order chi connectivity index (χ1) is 12.3. The molecule has 26 heavy (non-hydrogen) atoms. The van der Waals surface area contributed by atoms with Gasteiger partial charge < -0.3 is 19.7 Å². The molecule has 0 bridgehead atoms. The zero-order valence-corrected chi connectivity index (χ0v) is 15.3. The van der Waals surface area contributed by atoms with Crippen molar-refractivity contribution in [3.05, 3.63) is 40.8 Å². The van der Waals surface area contributed by atoms with Crippen LogP contribution in [0, 0.1) is 10.8 Å². The van der Waals surface area contributed by atoms with Crippen molar-refractivity contribution in [3.8, 4) is 0 Å². The third-order valence-corrected chi connectivity index (χ3v) is 3.91. The van der Waals surface area contributed by atoms with Crippen molar-refractivity contribution in [2.75, 3.05) is 19.6 Å². The molecule has 2 amide bonds. The van der Waals surface area contributed by atoms with E-state index in [1.807, 2.05) is 30.3 Å². The number of nitroso groups, excluding NO2 is 1. The van der Waals surface area contributed by atoms with Crippen molar-refractivity contribution in [1.29, 1.82) is 0 Å². The summed E-state index contributed by atoms with van der Waals surface area (Å²) in [5.74, 6) is -0.274. The van der Waals surface area contributed by atoms with Crippen LogP contribution in [0.2, 0.25) is 0 Å². The van der Waals surface area contributed by atoms with Gasteiger partial charge in [-0.1, -0.05) is 35.5 Å². The first-order valence-electron chi connectivity index (χ1n) is 8.53. The van der Waals surface area contributed by atoms with Gasteiger partial charge in [-0.2, -0.15) is 4.91 Å². The van der Waals surface area contributed by atoms with Crippen LogP contribution in [0.5, 0.6) is 0 Å². The van der Waals surface area contributed by atoms with E-state index in [1.165, 1.54) is 4.90 Å². The molecule has 1 aliphatic rings. The average Bonchev–Trinajstić information content (AvgIpc) is 3.01. The van der Waals surface area contributed by atoms with Gasteiger partial charge in [0.25, 0.3) is 0 Å². The average molecular weight is 363 g/mol. The standard InChI is InChI=1S/C18H25N3O5/c1-18(2,3)26-17(23)21-10-14(15(11-21)20-24)9-19-16(22)25-12-13-7-5-4-6-8-13/h4-8,14-15H,9-12H2,1-3H3,(H,19,22)/t14-,15?/m1/s1. The Morgan fingerprint density at radius 3 is 2.54 bits per heavy atom. The number of amides is 2. The van der Waals surface area contributed by atoms with Crippen molar-refractivity contribution < 1.29 is 19.1 Å². The normalized spacial score (nSPS) is 19.7. The van der Waals surface area contributed by atoms with Gasteiger partial charge in [0.2, 0.25) is 0 Å². The summed E-state index contributed by atoms with van der Waals surface area (Å²) in [5, 5.41) is 5.71. The Bertz CT molecular complexity index is 629. The van der Waals surface area contributed by atoms with Crippen molar-refractivity contribution in [2.24, 2.45) is 11.1 Å². The van der Waals surface area contributed by atoms with Crippen molar-refractivity contribution in [1.82, 2.24) is 10.2 Å². The number of rotatable bonds is 5. The Morgan fingerprint density at radius 2 is 1.92 bits per heavy atom. The number of nitrogens with zero attached hydrogens (tertiary/aromatic N) is 2. The molecule has 0 spiro atoms. The van der Waals surface area contributed by atoms with Gasteiger partial charge in [-0.05, 0) is 26.3 Å². The molecule has 0 saturated carbocycles. The first kappa shape index (κ1) is 19.7. The molecular formula is C18H25N3O5. The molecule has 8 nitrogen and oxygen atoms in total. The van der Waals surface area contributed by atoms with E-state index >= 15 is 0 Å². The number of benzene rings is 1. The van der Waals surface area contributed by atoms with Gasteiger partial charge in [0.15, 0.2) is 0 Å². The lowest BCUT2D eigenvalue weighted by atomic mass is 10.1. The van der Waals surface area contributed by atoms with Crippen LogP contribution >= 0.6 is 0 Å². The Labute approximate surface area is 152 Å². The van der Waals surface area contributed by atoms with Gasteiger partial charge in [-0.25, -0.2) is 9.59 Å². The monoisotopic (exact) mass is 363 g/mol. The number of ether oxygens (including phenoxy) is 2. The second-order valence-electron chi connectivity index (χ2n) is 7.26. The third kappa shape index (κ3) is 6.02. The minimum Gasteiger partial charge on any atom is -0.445 e. The predicted molar refractivity (Wildman–Crippen MR) is 95.5 cm³/mol. The van der Waals surface area contributed by atoms with Crippen LogP contribution in [0.3, 0.4) is 0 Å². The van der Waals surface area contributed by atoms with Gasteiger partial charge in [0.05, 0.1) is 6.54 Å². The molecule has 1 unspecified atom stereocenters. The van der Waals surface area contributed by atoms with Crippen LogP contribution in [0.1, 0.15) is 26.3 Å². The number of carbonyl (C=O) groups excluding carboxylic acids is 2. The molecule has 142 valence electrons. The molecular weight excluding hydrogens is 338 g/mol. The summed E-state index contributed by atoms with van der Waals surface area (Å²) in [6.45, 7) is 6.17. The molecule has 1 heterocycles. The van der Waals surface area contributed by atoms with E-state index < -0.39 is 23.8 Å². The topological polar surface area (TPSA) is 97.3 Å². The maximum Gasteiger partial charge on any atom is 0.410 e. The Kier molecular flexibility index (Phi) is 6.54. The van der Waals surface area contributed by atoms with Gasteiger partial charge in [-0.15, -0.1) is 0 Å². The summed E-state index contributed by atoms with van der Waals surface area (Å²) in [4.78, 5) is 36.4. The van der Waals surface area contributed by atoms with E-state index in [4.69, 9.17) is 9.47 Å². The Balaban J connectivity index is 1.79. The Morgan fingerprint density at radius 1 is 1.23 bits per heavy atom. The zero-order valence-electron chi connectivity index (χ0n) is 15.3. The molecule has 1 saturated heterocycles. The molecule has 1 aliphatic heterocycles. The summed E-state index contributed by atoms with van der Waals surface area (Å²) in [6, 6.07) is 8.73. The molecule has 1 fully saturated rings. The maximum absolute atomic E-state index is 12.1. The van der Waals surface area contributed by atoms with E-state index in [2.05, 4.69) is 10.5 Å². The van der Waals surface area contributed by atoms with E-state index in [0.29, 0.717) is 6.54 Å². The van der Waals surface area contributed by atoms with Crippen LogP contribution in [0.4, 0.5) is 9.59 Å². The molecule has 0 aromatic heterocycles. The molecule has 1 aromatic carbocycles. The molecule has 0 radical (unpaired) electrons. The summed E-state index contributed by atoms with van der Waals surface area (Å²) in [6.07, 6.45) is -1.06. The lowest BCUT2D eigenvalue weighted by molar-refractivity contribution is 0.0287. The summed E-state index contributed by atoms with van der Waals surface area (Å²) in [7, 11) is 0. The van der Waals surface area contributed by atoms with Crippen molar-refractivity contribution in [3.63, 3.8) is 0 Å². The summed E-state index contributed by atoms with van der Waals surface area (Å²) in [5.41, 5.74) is 0.269. The highest BCUT2D eigenvalue weighted by molar-refractivity contribution is 5.69. The first-order valence-corrected chi connectivity index (χ1v) is 8.53. The Hall–Kier alpha value is -2.64. The zero-order chi connectivity index (χ0) is 19.2. The van der Waals surface area contributed by atoms with Crippen LogP contribution in [0.15, 0.2) is 35.5 Å². The second kappa shape index (κ2) is 8.64. The number of alkyl carbamates (subject to hydrolysis) is 1. The molecule has 2 rings (SSSR count). The lowest BCUT2D eigenvalue weighted by Crippen LogP contribution is -2.36. The molecule has 2 atom stereocenters. The maximum atomic E-state index is 12.1. The minimum absolute atomic E-state index is 0.163. The fourth-order valence-corrected chi connectivity index (χ4v) is 2.64. The van der Waals surface area contributed by atoms with Gasteiger partial charge in [-0.3, -0.25) is 0 Å². The van der Waals surface area contributed by atoms with Crippen molar-refractivity contribution >= 4 is 12.2 Å². The quantitative estimate of drug-likeness (QED) is 0.811. The lowest BCUT2D eigenvalue weighted by Gasteiger charge is -2.24. The third-order valence-electron chi connectivity index (χ3n) is 3.91. The number of nitrogens with one attached hydrogen (secondary N) is 1. The van der Waals surface area contributed by atoms with Gasteiger partial charge >= 0.3 is 12.2 Å². The highest BCUT2D eigenvalue weighted by atomic mass is 16.6. The van der Waals surface area contributed by atoms with Crippen LogP contribution in [0.25, 0.3) is 0 Å². The number of carbonyl (C=O) groups is 2. The second-order valence-corrected chi connectivity index (χ2v) is 7.26. The molecule has 0 aliphatic carbocycles. The van der Waals surface area contributed by atoms with Crippen molar-refractivity contribution in [2.45, 2.75) is 39.0 Å². The van der Waals surface area contributed by atoms with Crippen LogP contribution in [-0.2, 0) is 16.1 Å². The van der Waals surface area contributed by atoms with E-state index in [0.717, 1.165) is 5.56 Å². The highest BCUT2D eigenvalue weighted by Crippen LogP contribution is 2.22. The highest BCUT2D eigenvalue weighted by Gasteiger charge is 2.38. The van der Waals surface area contributed by atoms with E-state index in [1.54, 1.807) is 20.8 Å². The SMILES string of the molecule is CC(C)(C)OC(=O)N1CC(N=O)[C@H](CNC(=O)OCc2ccccc2)C1. The summed E-state index contributed by atoms with van der Waals surface area (Å²) < 4.78 is 10.4. The summed E-state index contributed by atoms with van der Waals surface area (Å²) >= 11 is 0. The number of hydrogen-bond acceptors (Lipinski definition) is 6. The number of likely N-dealkylation sites (tertiary alicyclic amines) is 1. The molecule has 1 aromatic rings. The number of hydrogen-bond donors (Lipinski definition) is 1. The largest absolute Gasteiger partial charge is 0.445 e. The fraction of sp³-hybridized carbons (Fsp3) is 0.556. The van der Waals surface area contributed by atoms with Gasteiger partial charge in [0.1, 0.15) is 18.2 Å². The van der Waals surface area contributed by atoms with Crippen LogP contribution in [-0.4, -0.2) is 48.4 Å². The van der Waals surface area contributed by atoms with E-state index in [-0.39, 0.29) is 25.6 Å². The molecule has 8 heteroatoms.